The molecule has 3 heteroatoms. The number of hydrogen-bond donors (Lipinski definition) is 1. The molecule has 0 spiro atoms. The molecule has 1 heterocycles. The molecular formula is C14H26N2O. The highest BCUT2D eigenvalue weighted by Gasteiger charge is 2.45. The molecule has 3 nitrogen and oxygen atoms in total. The Balaban J connectivity index is 1.31. The zero-order valence-electron chi connectivity index (χ0n) is 11.0. The summed E-state index contributed by atoms with van der Waals surface area (Å²) in [5, 5.41) is 3.73. The lowest BCUT2D eigenvalue weighted by Crippen LogP contribution is -2.45. The maximum atomic E-state index is 5.38. The molecule has 1 N–H and O–H groups in total. The number of rotatable bonds is 5. The Morgan fingerprint density at radius 3 is 2.59 bits per heavy atom. The van der Waals surface area contributed by atoms with Crippen LogP contribution >= 0.6 is 0 Å². The van der Waals surface area contributed by atoms with Crippen LogP contribution in [0.3, 0.4) is 0 Å². The molecule has 1 saturated heterocycles. The van der Waals surface area contributed by atoms with Crippen LogP contribution in [0.5, 0.6) is 0 Å². The molecule has 3 aliphatic rings. The van der Waals surface area contributed by atoms with Crippen molar-refractivity contribution in [1.29, 1.82) is 0 Å². The summed E-state index contributed by atoms with van der Waals surface area (Å²) in [6.07, 6.45) is 4.55. The predicted molar refractivity (Wildman–Crippen MR) is 69.0 cm³/mol. The van der Waals surface area contributed by atoms with Gasteiger partial charge in [-0.05, 0) is 50.5 Å². The Kier molecular flexibility index (Phi) is 3.69. The fraction of sp³-hybridized carbons (Fsp3) is 1.00. The van der Waals surface area contributed by atoms with Gasteiger partial charge in [-0.2, -0.15) is 0 Å². The van der Waals surface area contributed by atoms with E-state index in [1.165, 1.54) is 25.9 Å². The Bertz CT molecular complexity index is 243. The summed E-state index contributed by atoms with van der Waals surface area (Å²) in [5.74, 6) is 3.22. The molecule has 1 aliphatic heterocycles. The van der Waals surface area contributed by atoms with Crippen molar-refractivity contribution in [3.05, 3.63) is 0 Å². The van der Waals surface area contributed by atoms with Gasteiger partial charge >= 0.3 is 0 Å². The van der Waals surface area contributed by atoms with E-state index < -0.39 is 0 Å². The van der Waals surface area contributed by atoms with Crippen molar-refractivity contribution in [3.63, 3.8) is 0 Å². The Morgan fingerprint density at radius 2 is 1.88 bits per heavy atom. The van der Waals surface area contributed by atoms with Crippen LogP contribution in [-0.4, -0.2) is 50.3 Å². The normalized spacial score (nSPS) is 39.0. The second-order valence-electron chi connectivity index (χ2n) is 6.32. The molecule has 0 radical (unpaired) electrons. The van der Waals surface area contributed by atoms with Crippen molar-refractivity contribution in [2.24, 2.45) is 17.8 Å². The largest absolute Gasteiger partial charge is 0.379 e. The third kappa shape index (κ3) is 3.21. The highest BCUT2D eigenvalue weighted by atomic mass is 16.5. The lowest BCUT2D eigenvalue weighted by molar-refractivity contribution is 0.0342. The van der Waals surface area contributed by atoms with Gasteiger partial charge in [0.05, 0.1) is 13.2 Å². The number of hydrogen-bond acceptors (Lipinski definition) is 3. The summed E-state index contributed by atoms with van der Waals surface area (Å²) in [5.41, 5.74) is 0. The van der Waals surface area contributed by atoms with Crippen molar-refractivity contribution in [2.75, 3.05) is 39.4 Å². The van der Waals surface area contributed by atoms with Crippen molar-refractivity contribution < 1.29 is 4.74 Å². The van der Waals surface area contributed by atoms with E-state index in [2.05, 4.69) is 17.1 Å². The van der Waals surface area contributed by atoms with Gasteiger partial charge in [0.15, 0.2) is 0 Å². The van der Waals surface area contributed by atoms with Crippen molar-refractivity contribution in [3.8, 4) is 0 Å². The Hall–Kier alpha value is -0.120. The quantitative estimate of drug-likeness (QED) is 0.782. The maximum absolute atomic E-state index is 5.38. The molecule has 3 rings (SSSR count). The average molecular weight is 238 g/mol. The summed E-state index contributed by atoms with van der Waals surface area (Å²) in [7, 11) is 0. The molecule has 0 bridgehead atoms. The molecule has 3 atom stereocenters. The first-order valence-corrected chi connectivity index (χ1v) is 7.34. The van der Waals surface area contributed by atoms with Crippen molar-refractivity contribution in [1.82, 2.24) is 10.2 Å². The fourth-order valence-electron chi connectivity index (χ4n) is 3.61. The average Bonchev–Trinajstić information content (AvgIpc) is 2.96. The smallest absolute Gasteiger partial charge is 0.0594 e. The lowest BCUT2D eigenvalue weighted by atomic mass is 10.0. The second-order valence-corrected chi connectivity index (χ2v) is 6.32. The zero-order chi connectivity index (χ0) is 11.7. The first-order valence-electron chi connectivity index (χ1n) is 7.34. The molecule has 0 aromatic rings. The van der Waals surface area contributed by atoms with Crippen LogP contribution in [0.15, 0.2) is 0 Å². The summed E-state index contributed by atoms with van der Waals surface area (Å²) in [6, 6.07) is 0.630. The van der Waals surface area contributed by atoms with Gasteiger partial charge in [-0.3, -0.25) is 4.90 Å². The summed E-state index contributed by atoms with van der Waals surface area (Å²) in [6.45, 7) is 8.81. The van der Waals surface area contributed by atoms with E-state index in [-0.39, 0.29) is 0 Å². The standard InChI is InChI=1S/C14H26N2O/c1-11(10-16-2-4-17-5-3-16)15-9-12-6-13-8-14(13)7-12/h11-15H,2-10H2,1H3. The molecule has 2 saturated carbocycles. The fourth-order valence-corrected chi connectivity index (χ4v) is 3.61. The molecule has 2 aliphatic carbocycles. The molecular weight excluding hydrogens is 212 g/mol. The van der Waals surface area contributed by atoms with Crippen LogP contribution < -0.4 is 5.32 Å². The number of nitrogens with one attached hydrogen (secondary N) is 1. The first kappa shape index (κ1) is 11.9. The van der Waals surface area contributed by atoms with E-state index in [4.69, 9.17) is 4.74 Å². The van der Waals surface area contributed by atoms with Crippen molar-refractivity contribution in [2.45, 2.75) is 32.2 Å². The van der Waals surface area contributed by atoms with Gasteiger partial charge in [0.25, 0.3) is 0 Å². The first-order chi connectivity index (χ1) is 8.31. The van der Waals surface area contributed by atoms with E-state index in [0.717, 1.165) is 44.1 Å². The minimum atomic E-state index is 0.630. The Morgan fingerprint density at radius 1 is 1.18 bits per heavy atom. The van der Waals surface area contributed by atoms with E-state index in [1.807, 2.05) is 0 Å². The lowest BCUT2D eigenvalue weighted by Gasteiger charge is -2.30. The highest BCUT2D eigenvalue weighted by Crippen LogP contribution is 2.54. The van der Waals surface area contributed by atoms with Gasteiger partial charge in [-0.25, -0.2) is 0 Å². The maximum Gasteiger partial charge on any atom is 0.0594 e. The number of ether oxygens (including phenoxy) is 1. The van der Waals surface area contributed by atoms with Crippen LogP contribution in [0.4, 0.5) is 0 Å². The summed E-state index contributed by atoms with van der Waals surface area (Å²) >= 11 is 0. The molecule has 0 amide bonds. The van der Waals surface area contributed by atoms with E-state index >= 15 is 0 Å². The SMILES string of the molecule is CC(CN1CCOCC1)NCC1CC2CC2C1. The third-order valence-electron chi connectivity index (χ3n) is 4.73. The monoisotopic (exact) mass is 238 g/mol. The minimum absolute atomic E-state index is 0.630. The van der Waals surface area contributed by atoms with E-state index in [1.54, 1.807) is 6.42 Å². The summed E-state index contributed by atoms with van der Waals surface area (Å²) < 4.78 is 5.38. The van der Waals surface area contributed by atoms with Crippen LogP contribution in [0, 0.1) is 17.8 Å². The van der Waals surface area contributed by atoms with Gasteiger partial charge in [-0.15, -0.1) is 0 Å². The van der Waals surface area contributed by atoms with Crippen LogP contribution in [0.2, 0.25) is 0 Å². The topological polar surface area (TPSA) is 24.5 Å². The molecule has 0 aromatic carbocycles. The van der Waals surface area contributed by atoms with Gasteiger partial charge in [-0.1, -0.05) is 0 Å². The molecule has 98 valence electrons. The molecule has 3 unspecified atom stereocenters. The highest BCUT2D eigenvalue weighted by molar-refractivity contribution is 4.96. The van der Waals surface area contributed by atoms with Crippen molar-refractivity contribution >= 4 is 0 Å². The number of nitrogens with zero attached hydrogens (tertiary/aromatic N) is 1. The van der Waals surface area contributed by atoms with Gasteiger partial charge in [0.2, 0.25) is 0 Å². The number of fused-ring (bicyclic) bond motifs is 1. The third-order valence-corrected chi connectivity index (χ3v) is 4.73. The Labute approximate surface area is 105 Å². The van der Waals surface area contributed by atoms with Crippen LogP contribution in [-0.2, 0) is 4.74 Å². The number of morpholine rings is 1. The van der Waals surface area contributed by atoms with Crippen LogP contribution in [0.25, 0.3) is 0 Å². The van der Waals surface area contributed by atoms with Gasteiger partial charge in [0.1, 0.15) is 0 Å². The second kappa shape index (κ2) is 5.25. The molecule has 3 fully saturated rings. The minimum Gasteiger partial charge on any atom is -0.379 e. The molecule has 17 heavy (non-hydrogen) atoms. The zero-order valence-corrected chi connectivity index (χ0v) is 11.0. The van der Waals surface area contributed by atoms with Gasteiger partial charge in [0, 0.05) is 25.7 Å². The summed E-state index contributed by atoms with van der Waals surface area (Å²) in [4.78, 5) is 2.52. The predicted octanol–water partition coefficient (Wildman–Crippen LogP) is 1.34. The van der Waals surface area contributed by atoms with E-state index in [0.29, 0.717) is 6.04 Å². The van der Waals surface area contributed by atoms with Gasteiger partial charge < -0.3 is 10.1 Å². The van der Waals surface area contributed by atoms with E-state index in [9.17, 15) is 0 Å². The van der Waals surface area contributed by atoms with Crippen LogP contribution in [0.1, 0.15) is 26.2 Å². The molecule has 0 aromatic heterocycles.